The molecule has 1 heterocycles. The molecule has 1 aromatic heterocycles. The van der Waals surface area contributed by atoms with E-state index >= 15 is 0 Å². The third-order valence-corrected chi connectivity index (χ3v) is 2.41. The minimum atomic E-state index is -0.238. The second-order valence-corrected chi connectivity index (χ2v) is 4.45. The van der Waals surface area contributed by atoms with E-state index in [1.807, 2.05) is 33.9 Å². The number of hydrogen-bond donors (Lipinski definition) is 2. The number of nitrogens with one attached hydrogen (secondary N) is 2. The van der Waals surface area contributed by atoms with E-state index in [0.29, 0.717) is 19.0 Å². The smallest absolute Gasteiger partial charge is 0.320 e. The molecule has 0 aliphatic rings. The predicted octanol–water partition coefficient (Wildman–Crippen LogP) is 1.67. The Balaban J connectivity index is 2.18. The van der Waals surface area contributed by atoms with Crippen LogP contribution in [0.5, 0.6) is 0 Å². The molecule has 0 bridgehead atoms. The van der Waals surface area contributed by atoms with Crippen molar-refractivity contribution >= 4 is 11.8 Å². The molecule has 18 heavy (non-hydrogen) atoms. The molecule has 0 unspecified atom stereocenters. The molecule has 6 nitrogen and oxygen atoms in total. The van der Waals surface area contributed by atoms with Gasteiger partial charge in [-0.1, -0.05) is 0 Å². The second kappa shape index (κ2) is 7.00. The molecule has 0 aliphatic carbocycles. The van der Waals surface area contributed by atoms with Gasteiger partial charge in [-0.15, -0.1) is 0 Å². The van der Waals surface area contributed by atoms with Gasteiger partial charge in [0, 0.05) is 32.0 Å². The molecule has 0 spiro atoms. The van der Waals surface area contributed by atoms with Gasteiger partial charge in [0.2, 0.25) is 0 Å². The second-order valence-electron chi connectivity index (χ2n) is 4.45. The first-order valence-corrected chi connectivity index (χ1v) is 6.16. The summed E-state index contributed by atoms with van der Waals surface area (Å²) in [5.74, 6) is 0.561. The number of anilines is 1. The highest BCUT2D eigenvalue weighted by molar-refractivity contribution is 5.88. The summed E-state index contributed by atoms with van der Waals surface area (Å²) in [7, 11) is 1.83. The maximum absolute atomic E-state index is 11.5. The largest absolute Gasteiger partial charge is 0.379 e. The molecule has 1 rings (SSSR count). The van der Waals surface area contributed by atoms with Crippen LogP contribution in [0, 0.1) is 6.92 Å². The van der Waals surface area contributed by atoms with Crippen LogP contribution in [0.25, 0.3) is 0 Å². The number of carbonyl (C=O) groups is 1. The van der Waals surface area contributed by atoms with Crippen LogP contribution in [0.1, 0.15) is 26.0 Å². The quantitative estimate of drug-likeness (QED) is 0.759. The lowest BCUT2D eigenvalue weighted by atomic mass is 10.4. The fraction of sp³-hybridized carbons (Fsp3) is 0.667. The van der Waals surface area contributed by atoms with Crippen LogP contribution in [-0.2, 0) is 11.8 Å². The number of aryl methyl sites for hydroxylation is 2. The van der Waals surface area contributed by atoms with Crippen LogP contribution in [-0.4, -0.2) is 35.1 Å². The highest BCUT2D eigenvalue weighted by Crippen LogP contribution is 2.05. The Morgan fingerprint density at radius 2 is 2.28 bits per heavy atom. The van der Waals surface area contributed by atoms with Gasteiger partial charge < -0.3 is 10.1 Å². The molecule has 2 N–H and O–H groups in total. The summed E-state index contributed by atoms with van der Waals surface area (Å²) in [6.07, 6.45) is 1.03. The highest BCUT2D eigenvalue weighted by Gasteiger charge is 2.05. The van der Waals surface area contributed by atoms with Gasteiger partial charge >= 0.3 is 6.03 Å². The first-order valence-electron chi connectivity index (χ1n) is 6.16. The van der Waals surface area contributed by atoms with E-state index in [4.69, 9.17) is 4.74 Å². The van der Waals surface area contributed by atoms with E-state index < -0.39 is 0 Å². The molecule has 0 radical (unpaired) electrons. The van der Waals surface area contributed by atoms with E-state index in [0.717, 1.165) is 12.1 Å². The van der Waals surface area contributed by atoms with Gasteiger partial charge in [-0.3, -0.25) is 10.00 Å². The molecule has 0 fully saturated rings. The molecular weight excluding hydrogens is 232 g/mol. The Bertz CT molecular complexity index is 368. The summed E-state index contributed by atoms with van der Waals surface area (Å²) in [6, 6.07) is 1.58. The highest BCUT2D eigenvalue weighted by atomic mass is 16.5. The van der Waals surface area contributed by atoms with E-state index in [9.17, 15) is 4.79 Å². The van der Waals surface area contributed by atoms with Crippen LogP contribution in [0.4, 0.5) is 10.6 Å². The van der Waals surface area contributed by atoms with Crippen molar-refractivity contribution in [3.63, 3.8) is 0 Å². The van der Waals surface area contributed by atoms with E-state index in [2.05, 4.69) is 15.7 Å². The Kier molecular flexibility index (Phi) is 5.64. The first kappa shape index (κ1) is 14.5. The zero-order valence-electron chi connectivity index (χ0n) is 11.5. The van der Waals surface area contributed by atoms with Gasteiger partial charge in [0.15, 0.2) is 5.82 Å². The fourth-order valence-corrected chi connectivity index (χ4v) is 1.38. The van der Waals surface area contributed by atoms with E-state index in [-0.39, 0.29) is 12.1 Å². The lowest BCUT2D eigenvalue weighted by Crippen LogP contribution is -2.30. The Morgan fingerprint density at radius 3 is 2.83 bits per heavy atom. The maximum atomic E-state index is 11.5. The number of rotatable bonds is 6. The van der Waals surface area contributed by atoms with Crippen molar-refractivity contribution < 1.29 is 9.53 Å². The zero-order valence-corrected chi connectivity index (χ0v) is 11.5. The van der Waals surface area contributed by atoms with Gasteiger partial charge in [0.25, 0.3) is 0 Å². The summed E-state index contributed by atoms with van der Waals surface area (Å²) in [5.41, 5.74) is 0.996. The van der Waals surface area contributed by atoms with Crippen LogP contribution in [0.15, 0.2) is 6.07 Å². The lowest BCUT2D eigenvalue weighted by molar-refractivity contribution is 0.0775. The van der Waals surface area contributed by atoms with Gasteiger partial charge in [-0.25, -0.2) is 4.79 Å². The van der Waals surface area contributed by atoms with Crippen molar-refractivity contribution in [2.75, 3.05) is 18.5 Å². The molecular formula is C12H22N4O2. The van der Waals surface area contributed by atoms with Crippen molar-refractivity contribution in [1.82, 2.24) is 15.1 Å². The number of amides is 2. The molecule has 0 saturated carbocycles. The van der Waals surface area contributed by atoms with Crippen LogP contribution in [0.2, 0.25) is 0 Å². The molecule has 0 atom stereocenters. The third kappa shape index (κ3) is 5.18. The maximum Gasteiger partial charge on any atom is 0.320 e. The SMILES string of the molecule is Cc1cc(NC(=O)NCCCOC(C)C)nn1C. The Hall–Kier alpha value is -1.56. The molecule has 2 amide bonds. The molecule has 0 saturated heterocycles. The van der Waals surface area contributed by atoms with Crippen LogP contribution >= 0.6 is 0 Å². The monoisotopic (exact) mass is 254 g/mol. The number of aromatic nitrogens is 2. The molecule has 102 valence electrons. The van der Waals surface area contributed by atoms with Crippen molar-refractivity contribution in [2.45, 2.75) is 33.3 Å². The van der Waals surface area contributed by atoms with Crippen molar-refractivity contribution in [2.24, 2.45) is 7.05 Å². The number of ether oxygens (including phenoxy) is 1. The fourth-order valence-electron chi connectivity index (χ4n) is 1.38. The summed E-state index contributed by atoms with van der Waals surface area (Å²) >= 11 is 0. The summed E-state index contributed by atoms with van der Waals surface area (Å²) in [6.45, 7) is 7.15. The minimum Gasteiger partial charge on any atom is -0.379 e. The standard InChI is InChI=1S/C12H22N4O2/c1-9(2)18-7-5-6-13-12(17)14-11-8-10(3)16(4)15-11/h8-9H,5-7H2,1-4H3,(H2,13,14,15,17). The Morgan fingerprint density at radius 1 is 1.56 bits per heavy atom. The van der Waals surface area contributed by atoms with E-state index in [1.54, 1.807) is 4.68 Å². The van der Waals surface area contributed by atoms with Crippen molar-refractivity contribution in [3.8, 4) is 0 Å². The zero-order chi connectivity index (χ0) is 13.5. The van der Waals surface area contributed by atoms with E-state index in [1.165, 1.54) is 0 Å². The average Bonchev–Trinajstić information content (AvgIpc) is 2.56. The Labute approximate surface area is 108 Å². The number of carbonyl (C=O) groups excluding carboxylic acids is 1. The summed E-state index contributed by atoms with van der Waals surface area (Å²) in [5, 5.41) is 9.57. The molecule has 6 heteroatoms. The van der Waals surface area contributed by atoms with Crippen LogP contribution in [0.3, 0.4) is 0 Å². The molecule has 0 aromatic carbocycles. The topological polar surface area (TPSA) is 68.2 Å². The average molecular weight is 254 g/mol. The molecule has 0 aliphatic heterocycles. The molecule has 1 aromatic rings. The van der Waals surface area contributed by atoms with Crippen molar-refractivity contribution in [3.05, 3.63) is 11.8 Å². The normalized spacial score (nSPS) is 10.7. The number of hydrogen-bond acceptors (Lipinski definition) is 3. The first-order chi connectivity index (χ1) is 8.49. The predicted molar refractivity (Wildman–Crippen MR) is 70.7 cm³/mol. The van der Waals surface area contributed by atoms with Crippen molar-refractivity contribution in [1.29, 1.82) is 0 Å². The van der Waals surface area contributed by atoms with Crippen LogP contribution < -0.4 is 10.6 Å². The lowest BCUT2D eigenvalue weighted by Gasteiger charge is -2.08. The number of urea groups is 1. The van der Waals surface area contributed by atoms with Gasteiger partial charge in [-0.05, 0) is 27.2 Å². The summed E-state index contributed by atoms with van der Waals surface area (Å²) < 4.78 is 7.09. The number of nitrogens with zero attached hydrogens (tertiary/aromatic N) is 2. The van der Waals surface area contributed by atoms with Gasteiger partial charge in [0.05, 0.1) is 6.10 Å². The van der Waals surface area contributed by atoms with Gasteiger partial charge in [-0.2, -0.15) is 5.10 Å². The third-order valence-electron chi connectivity index (χ3n) is 2.41. The summed E-state index contributed by atoms with van der Waals surface area (Å²) in [4.78, 5) is 11.5. The van der Waals surface area contributed by atoms with Gasteiger partial charge in [0.1, 0.15) is 0 Å². The minimum absolute atomic E-state index is 0.232.